The van der Waals surface area contributed by atoms with Crippen LogP contribution in [-0.4, -0.2) is 49.2 Å². The normalized spacial score (nSPS) is 11.3. The Labute approximate surface area is 197 Å². The largest absolute Gasteiger partial charge is 0.489 e. The van der Waals surface area contributed by atoms with Crippen molar-refractivity contribution >= 4 is 17.4 Å². The number of hydrogen-bond acceptors (Lipinski definition) is 5. The van der Waals surface area contributed by atoms with Crippen LogP contribution in [0.3, 0.4) is 0 Å². The number of allylic oxidation sites excluding steroid dienone is 1. The minimum Gasteiger partial charge on any atom is -0.489 e. The molecule has 0 bridgehead atoms. The molecule has 6 heteroatoms. The molecule has 0 aliphatic carbocycles. The molecule has 0 saturated heterocycles. The maximum Gasteiger partial charge on any atom is 0.344 e. The molecule has 178 valence electrons. The van der Waals surface area contributed by atoms with Crippen LogP contribution in [0.4, 0.5) is 0 Å². The number of carbonyl (C=O) groups is 2. The van der Waals surface area contributed by atoms with Crippen LogP contribution in [0, 0.1) is 0 Å². The summed E-state index contributed by atoms with van der Waals surface area (Å²) in [5, 5.41) is 0. The molecule has 0 N–H and O–H groups in total. The van der Waals surface area contributed by atoms with Crippen LogP contribution >= 0.6 is 0 Å². The molecular formula is C27H35NO5. The zero-order chi connectivity index (χ0) is 24.2. The van der Waals surface area contributed by atoms with Gasteiger partial charge in [-0.1, -0.05) is 36.4 Å². The van der Waals surface area contributed by atoms with E-state index in [1.807, 2.05) is 63.2 Å². The second-order valence-electron chi connectivity index (χ2n) is 7.91. The lowest BCUT2D eigenvalue weighted by Crippen LogP contribution is -2.28. The lowest BCUT2D eigenvalue weighted by Gasteiger charge is -2.17. The molecule has 0 aliphatic rings. The van der Waals surface area contributed by atoms with Crippen LogP contribution in [0.15, 0.2) is 54.6 Å². The first-order valence-electron chi connectivity index (χ1n) is 11.4. The molecule has 0 spiro atoms. The first-order valence-corrected chi connectivity index (χ1v) is 11.4. The molecule has 0 aliphatic heterocycles. The Kier molecular flexibility index (Phi) is 10.5. The number of likely N-dealkylation sites (N-methyl/N-ethyl adjacent to an activating group) is 1. The number of rotatable bonds is 12. The highest BCUT2D eigenvalue weighted by molar-refractivity contribution is 5.95. The van der Waals surface area contributed by atoms with Crippen LogP contribution in [0.2, 0.25) is 0 Å². The Morgan fingerprint density at radius 1 is 0.970 bits per heavy atom. The van der Waals surface area contributed by atoms with Gasteiger partial charge in [0, 0.05) is 25.6 Å². The molecule has 1 amide bonds. The van der Waals surface area contributed by atoms with E-state index < -0.39 is 5.97 Å². The number of amides is 1. The highest BCUT2D eigenvalue weighted by atomic mass is 16.6. The van der Waals surface area contributed by atoms with Crippen molar-refractivity contribution in [1.82, 2.24) is 4.90 Å². The number of nitrogens with zero attached hydrogens (tertiary/aromatic N) is 1. The predicted molar refractivity (Wildman–Crippen MR) is 130 cm³/mol. The fourth-order valence-corrected chi connectivity index (χ4v) is 3.24. The molecular weight excluding hydrogens is 418 g/mol. The SMILES string of the molecule is CCN(CC)C(=O)C=C(C)c1ccc(OCCc2ccccc2)c(OCC(=O)OC(C)C)c1. The van der Waals surface area contributed by atoms with E-state index in [1.54, 1.807) is 30.9 Å². The summed E-state index contributed by atoms with van der Waals surface area (Å²) in [5.74, 6) is 0.484. The monoisotopic (exact) mass is 453 g/mol. The van der Waals surface area contributed by atoms with Crippen molar-refractivity contribution in [3.63, 3.8) is 0 Å². The number of ether oxygens (including phenoxy) is 3. The number of esters is 1. The lowest BCUT2D eigenvalue weighted by molar-refractivity contribution is -0.149. The maximum absolute atomic E-state index is 12.5. The minimum atomic E-state index is -0.449. The van der Waals surface area contributed by atoms with Crippen molar-refractivity contribution in [3.05, 3.63) is 65.7 Å². The summed E-state index contributed by atoms with van der Waals surface area (Å²) in [5.41, 5.74) is 2.79. The van der Waals surface area contributed by atoms with Crippen LogP contribution in [0.1, 0.15) is 45.7 Å². The zero-order valence-electron chi connectivity index (χ0n) is 20.3. The summed E-state index contributed by atoms with van der Waals surface area (Å²) in [6.45, 7) is 10.9. The molecule has 0 unspecified atom stereocenters. The van der Waals surface area contributed by atoms with Crippen LogP contribution < -0.4 is 9.47 Å². The second-order valence-corrected chi connectivity index (χ2v) is 7.91. The van der Waals surface area contributed by atoms with Gasteiger partial charge in [0.05, 0.1) is 12.7 Å². The summed E-state index contributed by atoms with van der Waals surface area (Å²) in [4.78, 5) is 26.2. The Hall–Kier alpha value is -3.28. The molecule has 33 heavy (non-hydrogen) atoms. The van der Waals surface area contributed by atoms with Gasteiger partial charge in [-0.15, -0.1) is 0 Å². The third-order valence-electron chi connectivity index (χ3n) is 5.02. The second kappa shape index (κ2) is 13.3. The van der Waals surface area contributed by atoms with Crippen LogP contribution in [-0.2, 0) is 20.7 Å². The van der Waals surface area contributed by atoms with Gasteiger partial charge in [-0.25, -0.2) is 4.79 Å². The standard InChI is InChI=1S/C27H35NO5/c1-6-28(7-2)26(29)17-21(5)23-13-14-24(31-16-15-22-11-9-8-10-12-22)25(18-23)32-19-27(30)33-20(3)4/h8-14,17-18,20H,6-7,15-16,19H2,1-5H3. The molecule has 0 saturated carbocycles. The summed E-state index contributed by atoms with van der Waals surface area (Å²) in [6.07, 6.45) is 2.15. The van der Waals surface area contributed by atoms with Gasteiger partial charge >= 0.3 is 5.97 Å². The molecule has 2 aromatic rings. The van der Waals surface area contributed by atoms with Crippen LogP contribution in [0.25, 0.3) is 5.57 Å². The average molecular weight is 454 g/mol. The molecule has 0 heterocycles. The van der Waals surface area contributed by atoms with E-state index >= 15 is 0 Å². The van der Waals surface area contributed by atoms with Crippen molar-refractivity contribution in [2.24, 2.45) is 0 Å². The van der Waals surface area contributed by atoms with E-state index in [0.29, 0.717) is 31.2 Å². The average Bonchev–Trinajstić information content (AvgIpc) is 2.79. The smallest absolute Gasteiger partial charge is 0.344 e. The molecule has 0 fully saturated rings. The molecule has 6 nitrogen and oxygen atoms in total. The van der Waals surface area contributed by atoms with Crippen molar-refractivity contribution in [3.8, 4) is 11.5 Å². The lowest BCUT2D eigenvalue weighted by atomic mass is 10.1. The summed E-state index contributed by atoms with van der Waals surface area (Å²) >= 11 is 0. The Balaban J connectivity index is 2.19. The van der Waals surface area contributed by atoms with Gasteiger partial charge in [0.15, 0.2) is 18.1 Å². The van der Waals surface area contributed by atoms with Crippen molar-refractivity contribution < 1.29 is 23.8 Å². The van der Waals surface area contributed by atoms with Crippen LogP contribution in [0.5, 0.6) is 11.5 Å². The fraction of sp³-hybridized carbons (Fsp3) is 0.407. The third-order valence-corrected chi connectivity index (χ3v) is 5.02. The Morgan fingerprint density at radius 3 is 2.30 bits per heavy atom. The zero-order valence-corrected chi connectivity index (χ0v) is 20.3. The molecule has 0 atom stereocenters. The molecule has 2 rings (SSSR count). The van der Waals surface area contributed by atoms with Gasteiger partial charge in [-0.3, -0.25) is 4.79 Å². The molecule has 0 radical (unpaired) electrons. The summed E-state index contributed by atoms with van der Waals surface area (Å²) < 4.78 is 16.9. The van der Waals surface area contributed by atoms with Crippen molar-refractivity contribution in [2.45, 2.75) is 47.1 Å². The first kappa shape index (κ1) is 26.0. The third kappa shape index (κ3) is 8.64. The summed E-state index contributed by atoms with van der Waals surface area (Å²) in [6, 6.07) is 15.6. The van der Waals surface area contributed by atoms with Gasteiger partial charge in [0.1, 0.15) is 0 Å². The highest BCUT2D eigenvalue weighted by Gasteiger charge is 2.13. The number of carbonyl (C=O) groups excluding carboxylic acids is 2. The van der Waals surface area contributed by atoms with Gasteiger partial charge < -0.3 is 19.1 Å². The maximum atomic E-state index is 12.5. The van der Waals surface area contributed by atoms with Gasteiger partial charge in [0.25, 0.3) is 0 Å². The Morgan fingerprint density at radius 2 is 1.67 bits per heavy atom. The van der Waals surface area contributed by atoms with E-state index in [-0.39, 0.29) is 18.6 Å². The predicted octanol–water partition coefficient (Wildman–Crippen LogP) is 4.91. The Bertz CT molecular complexity index is 933. The minimum absolute atomic E-state index is 0.0383. The van der Waals surface area contributed by atoms with Crippen molar-refractivity contribution in [2.75, 3.05) is 26.3 Å². The topological polar surface area (TPSA) is 65.1 Å². The van der Waals surface area contributed by atoms with E-state index in [0.717, 1.165) is 17.6 Å². The number of benzene rings is 2. The van der Waals surface area contributed by atoms with Gasteiger partial charge in [0.2, 0.25) is 5.91 Å². The summed E-state index contributed by atoms with van der Waals surface area (Å²) in [7, 11) is 0. The van der Waals surface area contributed by atoms with Crippen molar-refractivity contribution in [1.29, 1.82) is 0 Å². The quantitative estimate of drug-likeness (QED) is 0.337. The number of hydrogen-bond donors (Lipinski definition) is 0. The highest BCUT2D eigenvalue weighted by Crippen LogP contribution is 2.31. The molecule has 0 aromatic heterocycles. The molecule has 2 aromatic carbocycles. The fourth-order valence-electron chi connectivity index (χ4n) is 3.24. The van der Waals surface area contributed by atoms with E-state index in [1.165, 1.54) is 5.56 Å². The van der Waals surface area contributed by atoms with E-state index in [9.17, 15) is 9.59 Å². The first-order chi connectivity index (χ1) is 15.8. The van der Waals surface area contributed by atoms with Gasteiger partial charge in [-0.2, -0.15) is 0 Å². The van der Waals surface area contributed by atoms with E-state index in [2.05, 4.69) is 0 Å². The van der Waals surface area contributed by atoms with E-state index in [4.69, 9.17) is 14.2 Å². The van der Waals surface area contributed by atoms with Gasteiger partial charge in [-0.05, 0) is 63.5 Å².